The topological polar surface area (TPSA) is 40.5 Å². The lowest BCUT2D eigenvalue weighted by Crippen LogP contribution is -2.48. The summed E-state index contributed by atoms with van der Waals surface area (Å²) in [6, 6.07) is 9.55. The van der Waals surface area contributed by atoms with E-state index in [0.29, 0.717) is 12.3 Å². The van der Waals surface area contributed by atoms with E-state index in [2.05, 4.69) is 6.58 Å². The number of hydrogen-bond acceptors (Lipinski definition) is 2. The number of likely N-dealkylation sites (tertiary alicyclic amines) is 1. The van der Waals surface area contributed by atoms with Crippen molar-refractivity contribution in [2.75, 3.05) is 6.61 Å². The minimum Gasteiger partial charge on any atom is -0.394 e. The Labute approximate surface area is 119 Å². The Balaban J connectivity index is 2.02. The lowest BCUT2D eigenvalue weighted by atomic mass is 9.87. The molecule has 3 nitrogen and oxygen atoms in total. The van der Waals surface area contributed by atoms with Crippen molar-refractivity contribution in [1.82, 2.24) is 4.90 Å². The fourth-order valence-electron chi connectivity index (χ4n) is 4.07. The van der Waals surface area contributed by atoms with Crippen LogP contribution in [0.4, 0.5) is 0 Å². The van der Waals surface area contributed by atoms with Crippen LogP contribution in [0.15, 0.2) is 43.0 Å². The van der Waals surface area contributed by atoms with Gasteiger partial charge in [-0.1, -0.05) is 42.8 Å². The smallest absolute Gasteiger partial charge is 0.224 e. The first-order valence-corrected chi connectivity index (χ1v) is 7.34. The summed E-state index contributed by atoms with van der Waals surface area (Å²) in [6.07, 6.45) is 5.72. The molecule has 0 spiro atoms. The first-order chi connectivity index (χ1) is 9.73. The van der Waals surface area contributed by atoms with Gasteiger partial charge in [0.15, 0.2) is 0 Å². The standard InChI is InChI=1S/C17H21NO2/c1-2-17-10-6-9-14(17)11-16(20)18(17)15(12-19)13-7-4-3-5-8-13/h2-5,7-8,14-15,19H,1,6,9-12H2/t14?,15?,17-/m1/s1. The maximum Gasteiger partial charge on any atom is 0.224 e. The van der Waals surface area contributed by atoms with Gasteiger partial charge in [-0.05, 0) is 24.3 Å². The Bertz CT molecular complexity index is 513. The number of nitrogens with zero attached hydrogens (tertiary/aromatic N) is 1. The molecule has 2 unspecified atom stereocenters. The van der Waals surface area contributed by atoms with Gasteiger partial charge in [0, 0.05) is 6.42 Å². The second-order valence-corrected chi connectivity index (χ2v) is 5.86. The highest BCUT2D eigenvalue weighted by atomic mass is 16.3. The van der Waals surface area contributed by atoms with E-state index in [1.54, 1.807) is 0 Å². The van der Waals surface area contributed by atoms with Gasteiger partial charge in [0.05, 0.1) is 18.2 Å². The number of fused-ring (bicyclic) bond motifs is 1. The van der Waals surface area contributed by atoms with Crippen molar-refractivity contribution >= 4 is 5.91 Å². The van der Waals surface area contributed by atoms with E-state index in [9.17, 15) is 9.90 Å². The molecule has 1 saturated heterocycles. The molecule has 3 rings (SSSR count). The van der Waals surface area contributed by atoms with E-state index in [1.807, 2.05) is 41.3 Å². The van der Waals surface area contributed by atoms with E-state index >= 15 is 0 Å². The third kappa shape index (κ3) is 1.80. The molecule has 2 aliphatic rings. The Kier molecular flexibility index (Phi) is 3.38. The van der Waals surface area contributed by atoms with Crippen LogP contribution in [0, 0.1) is 5.92 Å². The van der Waals surface area contributed by atoms with E-state index < -0.39 is 0 Å². The number of aliphatic hydroxyl groups excluding tert-OH is 1. The SMILES string of the molecule is C=C[C@@]12CCCC1CC(=O)N2C(CO)c1ccccc1. The van der Waals surface area contributed by atoms with Gasteiger partial charge in [-0.2, -0.15) is 0 Å². The molecule has 1 N–H and O–H groups in total. The van der Waals surface area contributed by atoms with Gasteiger partial charge in [0.25, 0.3) is 0 Å². The number of carbonyl (C=O) groups is 1. The first-order valence-electron chi connectivity index (χ1n) is 7.34. The van der Waals surface area contributed by atoms with Crippen LogP contribution in [0.1, 0.15) is 37.3 Å². The largest absolute Gasteiger partial charge is 0.394 e. The summed E-state index contributed by atoms with van der Waals surface area (Å²) >= 11 is 0. The fraction of sp³-hybridized carbons (Fsp3) is 0.471. The van der Waals surface area contributed by atoms with Crippen molar-refractivity contribution in [3.63, 3.8) is 0 Å². The van der Waals surface area contributed by atoms with E-state index in [1.165, 1.54) is 0 Å². The van der Waals surface area contributed by atoms with Gasteiger partial charge in [-0.25, -0.2) is 0 Å². The van der Waals surface area contributed by atoms with Crippen LogP contribution in [0.2, 0.25) is 0 Å². The Morgan fingerprint density at radius 2 is 2.20 bits per heavy atom. The van der Waals surface area contributed by atoms with Crippen molar-refractivity contribution in [2.45, 2.75) is 37.3 Å². The average molecular weight is 271 g/mol. The third-order valence-electron chi connectivity index (χ3n) is 5.00. The van der Waals surface area contributed by atoms with Crippen molar-refractivity contribution in [2.24, 2.45) is 5.92 Å². The summed E-state index contributed by atoms with van der Waals surface area (Å²) in [7, 11) is 0. The summed E-state index contributed by atoms with van der Waals surface area (Å²) in [4.78, 5) is 14.4. The molecular weight excluding hydrogens is 250 g/mol. The molecule has 2 fully saturated rings. The number of amides is 1. The molecular formula is C17H21NO2. The Hall–Kier alpha value is -1.61. The zero-order chi connectivity index (χ0) is 14.2. The molecule has 1 saturated carbocycles. The number of rotatable bonds is 4. The maximum atomic E-state index is 12.5. The lowest BCUT2D eigenvalue weighted by molar-refractivity contribution is -0.134. The molecule has 20 heavy (non-hydrogen) atoms. The molecule has 1 aliphatic heterocycles. The van der Waals surface area contributed by atoms with Gasteiger partial charge in [0.1, 0.15) is 0 Å². The summed E-state index contributed by atoms with van der Waals surface area (Å²) < 4.78 is 0. The zero-order valence-electron chi connectivity index (χ0n) is 11.7. The van der Waals surface area contributed by atoms with Gasteiger partial charge < -0.3 is 10.0 Å². The molecule has 0 radical (unpaired) electrons. The molecule has 1 aromatic rings. The summed E-state index contributed by atoms with van der Waals surface area (Å²) in [6.45, 7) is 3.95. The second-order valence-electron chi connectivity index (χ2n) is 5.86. The van der Waals surface area contributed by atoms with Crippen LogP contribution >= 0.6 is 0 Å². The maximum absolute atomic E-state index is 12.5. The average Bonchev–Trinajstić information content (AvgIpc) is 2.99. The molecule has 3 atom stereocenters. The van der Waals surface area contributed by atoms with Gasteiger partial charge >= 0.3 is 0 Å². The quantitative estimate of drug-likeness (QED) is 0.855. The number of benzene rings is 1. The van der Waals surface area contributed by atoms with Crippen molar-refractivity contribution < 1.29 is 9.90 Å². The summed E-state index contributed by atoms with van der Waals surface area (Å²) in [5.74, 6) is 0.516. The molecule has 3 heteroatoms. The fourth-order valence-corrected chi connectivity index (χ4v) is 4.07. The van der Waals surface area contributed by atoms with Crippen molar-refractivity contribution in [1.29, 1.82) is 0 Å². The molecule has 1 amide bonds. The lowest BCUT2D eigenvalue weighted by Gasteiger charge is -2.41. The predicted molar refractivity (Wildman–Crippen MR) is 78.0 cm³/mol. The van der Waals surface area contributed by atoms with E-state index in [-0.39, 0.29) is 24.1 Å². The molecule has 0 bridgehead atoms. The number of aliphatic hydroxyl groups is 1. The van der Waals surface area contributed by atoms with Crippen molar-refractivity contribution in [3.05, 3.63) is 48.6 Å². The number of carbonyl (C=O) groups excluding carboxylic acids is 1. The monoisotopic (exact) mass is 271 g/mol. The van der Waals surface area contributed by atoms with Gasteiger partial charge in [0.2, 0.25) is 5.91 Å². The molecule has 1 aliphatic carbocycles. The van der Waals surface area contributed by atoms with E-state index in [4.69, 9.17) is 0 Å². The van der Waals surface area contributed by atoms with Crippen LogP contribution in [-0.4, -0.2) is 28.1 Å². The molecule has 106 valence electrons. The second kappa shape index (κ2) is 5.06. The van der Waals surface area contributed by atoms with Crippen LogP contribution in [0.5, 0.6) is 0 Å². The zero-order valence-corrected chi connectivity index (χ0v) is 11.7. The molecule has 1 heterocycles. The molecule has 1 aromatic carbocycles. The highest BCUT2D eigenvalue weighted by Gasteiger charge is 2.55. The Morgan fingerprint density at radius 1 is 1.45 bits per heavy atom. The minimum atomic E-state index is -0.259. The van der Waals surface area contributed by atoms with Crippen molar-refractivity contribution in [3.8, 4) is 0 Å². The summed E-state index contributed by atoms with van der Waals surface area (Å²) in [5.41, 5.74) is 0.748. The number of hydrogen-bond donors (Lipinski definition) is 1. The van der Waals surface area contributed by atoms with Gasteiger partial charge in [-0.3, -0.25) is 4.79 Å². The Morgan fingerprint density at radius 3 is 2.85 bits per heavy atom. The highest BCUT2D eigenvalue weighted by Crippen LogP contribution is 2.51. The molecule has 0 aromatic heterocycles. The minimum absolute atomic E-state index is 0.0436. The predicted octanol–water partition coefficient (Wildman–Crippen LogP) is 2.68. The van der Waals surface area contributed by atoms with Crippen LogP contribution in [0.3, 0.4) is 0 Å². The van der Waals surface area contributed by atoms with Crippen LogP contribution in [0.25, 0.3) is 0 Å². The highest BCUT2D eigenvalue weighted by molar-refractivity contribution is 5.81. The van der Waals surface area contributed by atoms with Crippen LogP contribution < -0.4 is 0 Å². The van der Waals surface area contributed by atoms with Gasteiger partial charge in [-0.15, -0.1) is 6.58 Å². The third-order valence-corrected chi connectivity index (χ3v) is 5.00. The van der Waals surface area contributed by atoms with Crippen LogP contribution in [-0.2, 0) is 4.79 Å². The first kappa shape index (κ1) is 13.4. The summed E-state index contributed by atoms with van der Waals surface area (Å²) in [5, 5.41) is 9.86. The normalized spacial score (nSPS) is 30.4. The van der Waals surface area contributed by atoms with E-state index in [0.717, 1.165) is 24.8 Å².